The second kappa shape index (κ2) is 6.97. The molecule has 2 fully saturated rings. The van der Waals surface area contributed by atoms with E-state index in [2.05, 4.69) is 21.7 Å². The lowest BCUT2D eigenvalue weighted by molar-refractivity contribution is 0.127. The van der Waals surface area contributed by atoms with Gasteiger partial charge in [0.25, 0.3) is 0 Å². The summed E-state index contributed by atoms with van der Waals surface area (Å²) in [5.74, 6) is 0.945. The molecule has 0 saturated carbocycles. The molecule has 0 aliphatic carbocycles. The molecular weight excluding hydrogens is 304 g/mol. The van der Waals surface area contributed by atoms with Gasteiger partial charge in [-0.2, -0.15) is 0 Å². The Kier molecular flexibility index (Phi) is 4.94. The van der Waals surface area contributed by atoms with Crippen LogP contribution in [0.3, 0.4) is 0 Å². The molecule has 0 spiro atoms. The molecule has 0 bridgehead atoms. The Morgan fingerprint density at radius 2 is 1.92 bits per heavy atom. The van der Waals surface area contributed by atoms with Gasteiger partial charge in [0.15, 0.2) is 0 Å². The minimum Gasteiger partial charge on any atom is -0.496 e. The minimum atomic E-state index is 0.189. The van der Waals surface area contributed by atoms with Crippen molar-refractivity contribution in [3.63, 3.8) is 0 Å². The van der Waals surface area contributed by atoms with Gasteiger partial charge in [-0.25, -0.2) is 4.79 Å². The van der Waals surface area contributed by atoms with Crippen LogP contribution in [0.15, 0.2) is 6.20 Å². The maximum Gasteiger partial charge on any atom is 0.320 e. The summed E-state index contributed by atoms with van der Waals surface area (Å²) in [4.78, 5) is 23.0. The molecule has 6 nitrogen and oxygen atoms in total. The molecule has 0 N–H and O–H groups in total. The van der Waals surface area contributed by atoms with E-state index in [9.17, 15) is 4.79 Å². The van der Waals surface area contributed by atoms with Gasteiger partial charge in [0.1, 0.15) is 5.75 Å². The number of urea groups is 1. The number of piperidine rings is 1. The van der Waals surface area contributed by atoms with Gasteiger partial charge in [-0.05, 0) is 26.7 Å². The van der Waals surface area contributed by atoms with Gasteiger partial charge in [0, 0.05) is 63.1 Å². The Balaban J connectivity index is 1.59. The number of rotatable bonds is 4. The van der Waals surface area contributed by atoms with Crippen molar-refractivity contribution in [3.05, 3.63) is 23.0 Å². The number of amides is 2. The fourth-order valence-electron chi connectivity index (χ4n) is 3.84. The largest absolute Gasteiger partial charge is 0.496 e. The molecule has 1 aromatic rings. The standard InChI is InChI=1S/C18H28N4O2/c1-13-11-19-16(14(2)17(13)24-4)12-21-7-5-15(6-8-21)22-10-9-20(3)18(22)23/h11,15H,5-10,12H2,1-4H3. The number of hydrogen-bond donors (Lipinski definition) is 0. The summed E-state index contributed by atoms with van der Waals surface area (Å²) in [7, 11) is 3.60. The van der Waals surface area contributed by atoms with Gasteiger partial charge in [-0.3, -0.25) is 9.88 Å². The number of aryl methyl sites for hydroxylation is 1. The molecule has 0 unspecified atom stereocenters. The van der Waals surface area contributed by atoms with Gasteiger partial charge < -0.3 is 14.5 Å². The first-order valence-corrected chi connectivity index (χ1v) is 8.74. The second-order valence-electron chi connectivity index (χ2n) is 6.95. The highest BCUT2D eigenvalue weighted by molar-refractivity contribution is 5.76. The molecule has 132 valence electrons. The SMILES string of the molecule is COc1c(C)cnc(CN2CCC(N3CCN(C)C3=O)CC2)c1C. The third-order valence-corrected chi connectivity index (χ3v) is 5.37. The quantitative estimate of drug-likeness (QED) is 0.847. The average molecular weight is 332 g/mol. The summed E-state index contributed by atoms with van der Waals surface area (Å²) in [5, 5.41) is 0. The van der Waals surface area contributed by atoms with Crippen LogP contribution in [-0.4, -0.2) is 72.1 Å². The van der Waals surface area contributed by atoms with Crippen LogP contribution >= 0.6 is 0 Å². The van der Waals surface area contributed by atoms with E-state index in [1.54, 1.807) is 7.11 Å². The van der Waals surface area contributed by atoms with Crippen LogP contribution in [0, 0.1) is 13.8 Å². The highest BCUT2D eigenvalue weighted by Gasteiger charge is 2.33. The monoisotopic (exact) mass is 332 g/mol. The van der Waals surface area contributed by atoms with Crippen molar-refractivity contribution in [1.82, 2.24) is 19.7 Å². The van der Waals surface area contributed by atoms with Gasteiger partial charge in [0.2, 0.25) is 0 Å². The molecule has 3 heterocycles. The van der Waals surface area contributed by atoms with Gasteiger partial charge in [-0.1, -0.05) is 0 Å². The normalized spacial score (nSPS) is 20.1. The molecule has 2 amide bonds. The number of hydrogen-bond acceptors (Lipinski definition) is 4. The Labute approximate surface area is 144 Å². The number of pyridine rings is 1. The highest BCUT2D eigenvalue weighted by Crippen LogP contribution is 2.26. The zero-order valence-electron chi connectivity index (χ0n) is 15.2. The molecule has 0 atom stereocenters. The van der Waals surface area contributed by atoms with E-state index in [1.807, 2.05) is 25.1 Å². The molecule has 2 aliphatic rings. The van der Waals surface area contributed by atoms with Crippen LogP contribution in [-0.2, 0) is 6.54 Å². The van der Waals surface area contributed by atoms with E-state index < -0.39 is 0 Å². The first-order valence-electron chi connectivity index (χ1n) is 8.74. The zero-order valence-corrected chi connectivity index (χ0v) is 15.2. The summed E-state index contributed by atoms with van der Waals surface area (Å²) in [6.45, 7) is 8.70. The van der Waals surface area contributed by atoms with Crippen LogP contribution in [0.5, 0.6) is 5.75 Å². The van der Waals surface area contributed by atoms with Crippen molar-refractivity contribution >= 4 is 6.03 Å². The van der Waals surface area contributed by atoms with E-state index in [4.69, 9.17) is 4.74 Å². The Bertz CT molecular complexity index is 611. The second-order valence-corrected chi connectivity index (χ2v) is 6.95. The number of methoxy groups -OCH3 is 1. The topological polar surface area (TPSA) is 48.9 Å². The first kappa shape index (κ1) is 17.0. The minimum absolute atomic E-state index is 0.189. The third kappa shape index (κ3) is 3.20. The number of likely N-dealkylation sites (tertiary alicyclic amines) is 1. The predicted octanol–water partition coefficient (Wildman–Crippen LogP) is 2.04. The van der Waals surface area contributed by atoms with Gasteiger partial charge in [0.05, 0.1) is 12.8 Å². The maximum absolute atomic E-state index is 12.1. The Morgan fingerprint density at radius 3 is 2.50 bits per heavy atom. The number of ether oxygens (including phenoxy) is 1. The fourth-order valence-corrected chi connectivity index (χ4v) is 3.84. The molecule has 3 rings (SSSR count). The lowest BCUT2D eigenvalue weighted by atomic mass is 10.0. The summed E-state index contributed by atoms with van der Waals surface area (Å²) in [6.07, 6.45) is 3.98. The average Bonchev–Trinajstić information content (AvgIpc) is 2.91. The van der Waals surface area contributed by atoms with Crippen molar-refractivity contribution in [2.45, 2.75) is 39.3 Å². The molecular formula is C18H28N4O2. The number of carbonyl (C=O) groups excluding carboxylic acids is 1. The van der Waals surface area contributed by atoms with Crippen molar-refractivity contribution in [3.8, 4) is 5.75 Å². The van der Waals surface area contributed by atoms with Crippen LogP contribution in [0.4, 0.5) is 4.79 Å². The number of nitrogens with zero attached hydrogens (tertiary/aromatic N) is 4. The van der Waals surface area contributed by atoms with Crippen LogP contribution in [0.25, 0.3) is 0 Å². The van der Waals surface area contributed by atoms with Crippen LogP contribution in [0.1, 0.15) is 29.7 Å². The molecule has 2 aliphatic heterocycles. The maximum atomic E-state index is 12.1. The highest BCUT2D eigenvalue weighted by atomic mass is 16.5. The van der Waals surface area contributed by atoms with E-state index in [1.165, 1.54) is 0 Å². The third-order valence-electron chi connectivity index (χ3n) is 5.37. The van der Waals surface area contributed by atoms with Crippen molar-refractivity contribution in [2.75, 3.05) is 40.3 Å². The van der Waals surface area contributed by atoms with E-state index in [0.29, 0.717) is 6.04 Å². The molecule has 1 aromatic heterocycles. The number of carbonyl (C=O) groups is 1. The summed E-state index contributed by atoms with van der Waals surface area (Å²) in [5.41, 5.74) is 3.30. The van der Waals surface area contributed by atoms with Crippen molar-refractivity contribution in [1.29, 1.82) is 0 Å². The summed E-state index contributed by atoms with van der Waals surface area (Å²) < 4.78 is 5.50. The summed E-state index contributed by atoms with van der Waals surface area (Å²) >= 11 is 0. The van der Waals surface area contributed by atoms with Gasteiger partial charge >= 0.3 is 6.03 Å². The van der Waals surface area contributed by atoms with E-state index >= 15 is 0 Å². The Morgan fingerprint density at radius 1 is 1.21 bits per heavy atom. The zero-order chi connectivity index (χ0) is 17.3. The molecule has 0 aromatic carbocycles. The van der Waals surface area contributed by atoms with Crippen LogP contribution in [0.2, 0.25) is 0 Å². The Hall–Kier alpha value is -1.82. The molecule has 2 saturated heterocycles. The van der Waals surface area contributed by atoms with Gasteiger partial charge in [-0.15, -0.1) is 0 Å². The lowest BCUT2D eigenvalue weighted by Crippen LogP contribution is -2.46. The molecule has 24 heavy (non-hydrogen) atoms. The van der Waals surface area contributed by atoms with Crippen LogP contribution < -0.4 is 4.74 Å². The van der Waals surface area contributed by atoms with E-state index in [0.717, 1.165) is 68.1 Å². The molecule has 0 radical (unpaired) electrons. The predicted molar refractivity (Wildman–Crippen MR) is 93.3 cm³/mol. The fraction of sp³-hybridized carbons (Fsp3) is 0.667. The van der Waals surface area contributed by atoms with E-state index in [-0.39, 0.29) is 6.03 Å². The molecule has 6 heteroatoms. The first-order chi connectivity index (χ1) is 11.5. The van der Waals surface area contributed by atoms with Crippen molar-refractivity contribution in [2.24, 2.45) is 0 Å². The lowest BCUT2D eigenvalue weighted by Gasteiger charge is -2.36. The smallest absolute Gasteiger partial charge is 0.320 e. The number of aromatic nitrogens is 1. The number of likely N-dealkylation sites (N-methyl/N-ethyl adjacent to an activating group) is 1. The van der Waals surface area contributed by atoms with Crippen molar-refractivity contribution < 1.29 is 9.53 Å². The summed E-state index contributed by atoms with van der Waals surface area (Å²) in [6, 6.07) is 0.578.